The first-order valence-corrected chi connectivity index (χ1v) is 14.5. The van der Waals surface area contributed by atoms with Crippen molar-refractivity contribution in [3.05, 3.63) is 72.0 Å². The van der Waals surface area contributed by atoms with Gasteiger partial charge in [0.15, 0.2) is 0 Å². The molecule has 2 N–H and O–H groups in total. The lowest BCUT2D eigenvalue weighted by atomic mass is 10.0. The number of aliphatic hydroxyl groups is 2. The molecule has 0 aliphatic carbocycles. The molecule has 0 spiro atoms. The van der Waals surface area contributed by atoms with Crippen LogP contribution in [0.2, 0.25) is 0 Å². The van der Waals surface area contributed by atoms with E-state index >= 15 is 0 Å². The zero-order valence-corrected chi connectivity index (χ0v) is 23.6. The van der Waals surface area contributed by atoms with Crippen molar-refractivity contribution in [2.45, 2.75) is 23.7 Å². The molecule has 8 nitrogen and oxygen atoms in total. The van der Waals surface area contributed by atoms with Crippen LogP contribution in [0.4, 0.5) is 37.7 Å². The van der Waals surface area contributed by atoms with E-state index in [4.69, 9.17) is 0 Å². The number of fused-ring (bicyclic) bond motifs is 1. The van der Waals surface area contributed by atoms with E-state index in [9.17, 15) is 45.0 Å². The first kappa shape index (κ1) is 32.4. The Bertz CT molecular complexity index is 1540. The van der Waals surface area contributed by atoms with Gasteiger partial charge < -0.3 is 19.8 Å². The summed E-state index contributed by atoms with van der Waals surface area (Å²) in [5, 5.41) is 19.0. The van der Waals surface area contributed by atoms with Crippen molar-refractivity contribution in [3.8, 4) is 16.9 Å². The fourth-order valence-electron chi connectivity index (χ4n) is 4.76. The van der Waals surface area contributed by atoms with Crippen LogP contribution in [-0.2, 0) is 16.2 Å². The quantitative estimate of drug-likeness (QED) is 0.302. The van der Waals surface area contributed by atoms with Gasteiger partial charge in [-0.15, -0.1) is 0 Å². The van der Waals surface area contributed by atoms with E-state index < -0.39 is 50.9 Å². The number of hydrogen-bond acceptors (Lipinski definition) is 7. The fraction of sp³-hybridized carbons (Fsp3) is 0.357. The molecule has 0 saturated heterocycles. The van der Waals surface area contributed by atoms with Crippen molar-refractivity contribution in [1.29, 1.82) is 0 Å². The lowest BCUT2D eigenvalue weighted by Gasteiger charge is -2.39. The largest absolute Gasteiger partial charge is 0.435 e. The highest BCUT2D eigenvalue weighted by molar-refractivity contribution is 7.92. The van der Waals surface area contributed by atoms with Gasteiger partial charge in [0.2, 0.25) is 0 Å². The average Bonchev–Trinajstić information content (AvgIpc) is 2.95. The number of anilines is 2. The smallest absolute Gasteiger partial charge is 0.416 e. The van der Waals surface area contributed by atoms with E-state index in [0.29, 0.717) is 24.8 Å². The molecular weight excluding hydrogens is 604 g/mol. The molecule has 3 aromatic carbocycles. The van der Waals surface area contributed by atoms with Crippen LogP contribution in [-0.4, -0.2) is 82.6 Å². The third kappa shape index (κ3) is 7.34. The Morgan fingerprint density at radius 1 is 0.953 bits per heavy atom. The Morgan fingerprint density at radius 3 is 2.33 bits per heavy atom. The number of nitrogens with zero attached hydrogens (tertiary/aromatic N) is 3. The van der Waals surface area contributed by atoms with Crippen LogP contribution in [0.5, 0.6) is 5.75 Å². The molecule has 0 atom stereocenters. The number of likely N-dealkylation sites (N-methyl/N-ethyl adjacent to an activating group) is 1. The van der Waals surface area contributed by atoms with E-state index in [2.05, 4.69) is 4.74 Å². The predicted octanol–water partition coefficient (Wildman–Crippen LogP) is 4.41. The van der Waals surface area contributed by atoms with E-state index in [1.54, 1.807) is 18.0 Å². The van der Waals surface area contributed by atoms with Gasteiger partial charge in [0.05, 0.1) is 47.6 Å². The third-order valence-electron chi connectivity index (χ3n) is 7.10. The van der Waals surface area contributed by atoms with Crippen LogP contribution >= 0.6 is 0 Å². The van der Waals surface area contributed by atoms with Crippen LogP contribution in [0.3, 0.4) is 0 Å². The molecule has 1 aliphatic heterocycles. The molecule has 15 heteroatoms. The third-order valence-corrected chi connectivity index (χ3v) is 8.91. The number of alkyl halides is 5. The van der Waals surface area contributed by atoms with E-state index in [0.717, 1.165) is 40.7 Å². The predicted molar refractivity (Wildman–Crippen MR) is 147 cm³/mol. The maximum absolute atomic E-state index is 14.3. The van der Waals surface area contributed by atoms with Gasteiger partial charge in [-0.05, 0) is 60.6 Å². The molecular formula is C28H29F6N3O5S. The Kier molecular flexibility index (Phi) is 9.79. The Hall–Kier alpha value is -3.53. The van der Waals surface area contributed by atoms with Crippen molar-refractivity contribution < 1.29 is 49.7 Å². The molecule has 3 aromatic rings. The minimum atomic E-state index is -4.78. The number of aliphatic hydroxyl groups excluding tert-OH is 2. The summed E-state index contributed by atoms with van der Waals surface area (Å²) in [5.41, 5.74) is -0.339. The summed E-state index contributed by atoms with van der Waals surface area (Å²) in [6.07, 6.45) is -4.78. The lowest BCUT2D eigenvalue weighted by molar-refractivity contribution is -0.137. The average molecular weight is 634 g/mol. The van der Waals surface area contributed by atoms with Crippen LogP contribution < -0.4 is 13.9 Å². The number of halogens is 6. The maximum Gasteiger partial charge on any atom is 0.416 e. The molecule has 1 heterocycles. The molecule has 0 unspecified atom stereocenters. The SMILES string of the molecule is CN(CCN1CCN(S(=O)(=O)c2cccc(C(F)(F)F)c2)c2cc(-c3cc(F)cc(OC(F)F)c3)ccc21)C(CO)CO. The van der Waals surface area contributed by atoms with Gasteiger partial charge in [-0.2, -0.15) is 22.0 Å². The zero-order valence-electron chi connectivity index (χ0n) is 22.8. The fourth-order valence-corrected chi connectivity index (χ4v) is 6.27. The van der Waals surface area contributed by atoms with Gasteiger partial charge in [0, 0.05) is 25.7 Å². The molecule has 0 saturated carbocycles. The second-order valence-corrected chi connectivity index (χ2v) is 11.7. The van der Waals surface area contributed by atoms with Gasteiger partial charge in [0.1, 0.15) is 11.6 Å². The van der Waals surface area contributed by atoms with Crippen molar-refractivity contribution in [1.82, 2.24) is 4.90 Å². The number of rotatable bonds is 11. The molecule has 234 valence electrons. The first-order chi connectivity index (χ1) is 20.2. The van der Waals surface area contributed by atoms with Gasteiger partial charge in [0.25, 0.3) is 10.0 Å². The summed E-state index contributed by atoms with van der Waals surface area (Å²) in [7, 11) is -2.84. The molecule has 43 heavy (non-hydrogen) atoms. The summed E-state index contributed by atoms with van der Waals surface area (Å²) in [4.78, 5) is 2.96. The number of sulfonamides is 1. The number of benzene rings is 3. The highest BCUT2D eigenvalue weighted by atomic mass is 32.2. The summed E-state index contributed by atoms with van der Waals surface area (Å²) >= 11 is 0. The molecule has 0 aromatic heterocycles. The van der Waals surface area contributed by atoms with E-state index in [-0.39, 0.29) is 43.1 Å². The van der Waals surface area contributed by atoms with Crippen molar-refractivity contribution in [3.63, 3.8) is 0 Å². The van der Waals surface area contributed by atoms with Crippen LogP contribution in [0.25, 0.3) is 11.1 Å². The highest BCUT2D eigenvalue weighted by Gasteiger charge is 2.36. The Morgan fingerprint density at radius 2 is 1.67 bits per heavy atom. The molecule has 0 radical (unpaired) electrons. The van der Waals surface area contributed by atoms with E-state index in [1.807, 2.05) is 4.90 Å². The monoisotopic (exact) mass is 633 g/mol. The normalized spacial score (nSPS) is 14.1. The van der Waals surface area contributed by atoms with Crippen LogP contribution in [0.15, 0.2) is 65.6 Å². The topological polar surface area (TPSA) is 93.6 Å². The molecule has 0 bridgehead atoms. The van der Waals surface area contributed by atoms with Crippen LogP contribution in [0, 0.1) is 5.82 Å². The van der Waals surface area contributed by atoms with Gasteiger partial charge in [-0.1, -0.05) is 12.1 Å². The minimum Gasteiger partial charge on any atom is -0.435 e. The molecule has 0 fully saturated rings. The van der Waals surface area contributed by atoms with Gasteiger partial charge in [-0.25, -0.2) is 12.8 Å². The zero-order chi connectivity index (χ0) is 31.5. The Labute approximate surface area is 244 Å². The summed E-state index contributed by atoms with van der Waals surface area (Å²) in [6, 6.07) is 10.3. The van der Waals surface area contributed by atoms with Gasteiger partial charge in [-0.3, -0.25) is 9.21 Å². The number of hydrogen-bond donors (Lipinski definition) is 2. The van der Waals surface area contributed by atoms with Crippen molar-refractivity contribution in [2.75, 3.05) is 55.6 Å². The van der Waals surface area contributed by atoms with Crippen molar-refractivity contribution in [2.24, 2.45) is 0 Å². The summed E-state index contributed by atoms with van der Waals surface area (Å²) < 4.78 is 113. The number of ether oxygens (including phenoxy) is 1. The maximum atomic E-state index is 14.3. The molecule has 1 aliphatic rings. The van der Waals surface area contributed by atoms with Gasteiger partial charge >= 0.3 is 12.8 Å². The summed E-state index contributed by atoms with van der Waals surface area (Å²) in [6.45, 7) is -3.14. The van der Waals surface area contributed by atoms with Crippen LogP contribution in [0.1, 0.15) is 5.56 Å². The highest BCUT2D eigenvalue weighted by Crippen LogP contribution is 2.41. The minimum absolute atomic E-state index is 0.0743. The second kappa shape index (κ2) is 13.0. The standard InChI is InChI=1S/C28H29F6N3O5S/c1-35(22(16-38)17-39)7-8-36-9-10-37(43(40,41)24-4-2-3-20(14-24)28(32,33)34)26-13-18(5-6-25(26)36)19-11-21(29)15-23(12-19)42-27(30)31/h2-6,11-15,22,27,38-39H,7-10,16-17H2,1H3. The molecule has 0 amide bonds. The summed E-state index contributed by atoms with van der Waals surface area (Å²) in [5.74, 6) is -1.34. The molecule has 4 rings (SSSR count). The second-order valence-electron chi connectivity index (χ2n) is 9.85. The lowest BCUT2D eigenvalue weighted by Crippen LogP contribution is -2.47. The Balaban J connectivity index is 1.79. The van der Waals surface area contributed by atoms with Crippen molar-refractivity contribution >= 4 is 21.4 Å². The van der Waals surface area contributed by atoms with E-state index in [1.165, 1.54) is 12.1 Å². The first-order valence-electron chi connectivity index (χ1n) is 13.0.